The van der Waals surface area contributed by atoms with E-state index in [1.54, 1.807) is 31.3 Å². The largest absolute Gasteiger partial charge is 0.316 e. The van der Waals surface area contributed by atoms with Crippen molar-refractivity contribution in [3.8, 4) is 0 Å². The van der Waals surface area contributed by atoms with E-state index >= 15 is 0 Å². The highest BCUT2D eigenvalue weighted by atomic mass is 35.5. The Morgan fingerprint density at radius 3 is 2.52 bits per heavy atom. The third-order valence-electron chi connectivity index (χ3n) is 2.76. The van der Waals surface area contributed by atoms with Gasteiger partial charge in [-0.05, 0) is 42.9 Å². The van der Waals surface area contributed by atoms with Gasteiger partial charge in [-0.3, -0.25) is 0 Å². The first-order valence-corrected chi connectivity index (χ1v) is 9.15. The molecule has 114 valence electrons. The van der Waals surface area contributed by atoms with Crippen LogP contribution in [0.25, 0.3) is 0 Å². The summed E-state index contributed by atoms with van der Waals surface area (Å²) >= 11 is 13.2. The molecule has 1 aromatic heterocycles. The number of hydrogen-bond acceptors (Lipinski definition) is 4. The van der Waals surface area contributed by atoms with Gasteiger partial charge in [-0.15, -0.1) is 11.3 Å². The zero-order valence-electron chi connectivity index (χ0n) is 11.2. The summed E-state index contributed by atoms with van der Waals surface area (Å²) < 4.78 is 27.7. The molecule has 1 heterocycles. The van der Waals surface area contributed by atoms with Gasteiger partial charge in [-0.25, -0.2) is 13.1 Å². The number of nitrogens with one attached hydrogen (secondary N) is 2. The second-order valence-corrected chi connectivity index (χ2v) is 8.29. The number of sulfonamides is 1. The van der Waals surface area contributed by atoms with E-state index in [0.29, 0.717) is 15.9 Å². The van der Waals surface area contributed by atoms with Gasteiger partial charge in [-0.2, -0.15) is 0 Å². The minimum Gasteiger partial charge on any atom is -0.316 e. The average Bonchev–Trinajstić information content (AvgIpc) is 2.85. The fraction of sp³-hybridized carbons (Fsp3) is 0.231. The van der Waals surface area contributed by atoms with Crippen LogP contribution in [0.1, 0.15) is 10.4 Å². The van der Waals surface area contributed by atoms with E-state index < -0.39 is 10.0 Å². The maximum absolute atomic E-state index is 12.3. The summed E-state index contributed by atoms with van der Waals surface area (Å²) in [5.74, 6) is 0. The highest BCUT2D eigenvalue weighted by Crippen LogP contribution is 2.23. The van der Waals surface area contributed by atoms with Gasteiger partial charge in [0.2, 0.25) is 10.0 Å². The molecule has 0 unspecified atom stereocenters. The Balaban J connectivity index is 2.17. The van der Waals surface area contributed by atoms with Crippen molar-refractivity contribution in [2.75, 3.05) is 7.05 Å². The minimum atomic E-state index is -3.58. The van der Waals surface area contributed by atoms with Crippen molar-refractivity contribution in [2.45, 2.75) is 18.0 Å². The van der Waals surface area contributed by atoms with Crippen LogP contribution in [0.5, 0.6) is 0 Å². The van der Waals surface area contributed by atoms with E-state index in [1.807, 2.05) is 0 Å². The monoisotopic (exact) mass is 364 g/mol. The highest BCUT2D eigenvalue weighted by Gasteiger charge is 2.16. The number of rotatable bonds is 6. The third-order valence-corrected chi connectivity index (χ3v) is 5.76. The second-order valence-electron chi connectivity index (χ2n) is 4.31. The van der Waals surface area contributed by atoms with E-state index in [1.165, 1.54) is 17.4 Å². The van der Waals surface area contributed by atoms with Gasteiger partial charge in [0.25, 0.3) is 0 Å². The van der Waals surface area contributed by atoms with Gasteiger partial charge in [0.05, 0.1) is 9.23 Å². The lowest BCUT2D eigenvalue weighted by molar-refractivity contribution is 0.581. The molecule has 0 amide bonds. The molecule has 0 radical (unpaired) electrons. The molecule has 0 spiro atoms. The van der Waals surface area contributed by atoms with Crippen LogP contribution in [0.4, 0.5) is 0 Å². The molecule has 0 bridgehead atoms. The van der Waals surface area contributed by atoms with Gasteiger partial charge >= 0.3 is 0 Å². The van der Waals surface area contributed by atoms with Gasteiger partial charge in [-0.1, -0.05) is 23.2 Å². The molecule has 0 aliphatic carbocycles. The lowest BCUT2D eigenvalue weighted by Crippen LogP contribution is -2.23. The van der Waals surface area contributed by atoms with Crippen molar-refractivity contribution in [2.24, 2.45) is 0 Å². The number of thiophene rings is 1. The van der Waals surface area contributed by atoms with Crippen molar-refractivity contribution >= 4 is 44.6 Å². The molecule has 8 heteroatoms. The standard InChI is InChI=1S/C13H14Cl2N2O2S2/c1-16-7-9-6-11(3-4-12(9)14)21(18,19)17-8-10-2-5-13(15)20-10/h2-6,16-17H,7-8H2,1H3. The molecule has 0 aliphatic rings. The quantitative estimate of drug-likeness (QED) is 0.826. The average molecular weight is 365 g/mol. The van der Waals surface area contributed by atoms with Crippen LogP contribution in [0, 0.1) is 0 Å². The smallest absolute Gasteiger partial charge is 0.240 e. The van der Waals surface area contributed by atoms with Crippen LogP contribution < -0.4 is 10.0 Å². The Bertz CT molecular complexity index is 730. The van der Waals surface area contributed by atoms with Crippen LogP contribution in [0.2, 0.25) is 9.36 Å². The summed E-state index contributed by atoms with van der Waals surface area (Å²) in [6.45, 7) is 0.715. The molecule has 4 nitrogen and oxygen atoms in total. The lowest BCUT2D eigenvalue weighted by atomic mass is 10.2. The normalized spacial score (nSPS) is 11.8. The molecule has 0 atom stereocenters. The Morgan fingerprint density at radius 2 is 1.90 bits per heavy atom. The summed E-state index contributed by atoms with van der Waals surface area (Å²) in [6.07, 6.45) is 0. The van der Waals surface area contributed by atoms with Gasteiger partial charge < -0.3 is 5.32 Å². The molecule has 1 aromatic carbocycles. The van der Waals surface area contributed by atoms with Crippen molar-refractivity contribution in [3.05, 3.63) is 50.1 Å². The molecule has 21 heavy (non-hydrogen) atoms. The minimum absolute atomic E-state index is 0.194. The predicted octanol–water partition coefficient (Wildman–Crippen LogP) is 3.25. The molecule has 2 aromatic rings. The third kappa shape index (κ3) is 4.42. The molecule has 0 fully saturated rings. The van der Waals surface area contributed by atoms with E-state index in [4.69, 9.17) is 23.2 Å². The Labute approximate surface area is 138 Å². The SMILES string of the molecule is CNCc1cc(S(=O)(=O)NCc2ccc(Cl)s2)ccc1Cl. The molecular formula is C13H14Cl2N2O2S2. The summed E-state index contributed by atoms with van der Waals surface area (Å²) in [5.41, 5.74) is 0.737. The first-order chi connectivity index (χ1) is 9.92. The number of halogens is 2. The van der Waals surface area contributed by atoms with Crippen LogP contribution >= 0.6 is 34.5 Å². The van der Waals surface area contributed by atoms with Crippen molar-refractivity contribution in [3.63, 3.8) is 0 Å². The molecule has 0 aliphatic heterocycles. The Kier molecular flexibility index (Phi) is 5.65. The van der Waals surface area contributed by atoms with E-state index in [0.717, 1.165) is 10.4 Å². The number of benzene rings is 1. The Morgan fingerprint density at radius 1 is 1.14 bits per heavy atom. The van der Waals surface area contributed by atoms with E-state index in [2.05, 4.69) is 10.0 Å². The van der Waals surface area contributed by atoms with Crippen LogP contribution in [0.15, 0.2) is 35.2 Å². The summed E-state index contributed by atoms with van der Waals surface area (Å²) in [6, 6.07) is 8.19. The lowest BCUT2D eigenvalue weighted by Gasteiger charge is -2.09. The fourth-order valence-corrected chi connectivity index (χ4v) is 4.10. The van der Waals surface area contributed by atoms with E-state index in [9.17, 15) is 8.42 Å². The topological polar surface area (TPSA) is 58.2 Å². The van der Waals surface area contributed by atoms with Gasteiger partial charge in [0.15, 0.2) is 0 Å². The molecule has 2 rings (SSSR count). The summed E-state index contributed by atoms with van der Waals surface area (Å²) in [5, 5.41) is 3.49. The van der Waals surface area contributed by atoms with E-state index in [-0.39, 0.29) is 11.4 Å². The van der Waals surface area contributed by atoms with Crippen molar-refractivity contribution in [1.82, 2.24) is 10.0 Å². The maximum Gasteiger partial charge on any atom is 0.240 e. The van der Waals surface area contributed by atoms with Gasteiger partial charge in [0.1, 0.15) is 0 Å². The molecule has 0 saturated heterocycles. The van der Waals surface area contributed by atoms with Crippen LogP contribution in [-0.2, 0) is 23.1 Å². The zero-order valence-corrected chi connectivity index (χ0v) is 14.3. The summed E-state index contributed by atoms with van der Waals surface area (Å²) in [7, 11) is -1.81. The summed E-state index contributed by atoms with van der Waals surface area (Å²) in [4.78, 5) is 1.05. The predicted molar refractivity (Wildman–Crippen MR) is 87.6 cm³/mol. The maximum atomic E-state index is 12.3. The molecular weight excluding hydrogens is 351 g/mol. The molecule has 0 saturated carbocycles. The van der Waals surface area contributed by atoms with Crippen molar-refractivity contribution in [1.29, 1.82) is 0 Å². The van der Waals surface area contributed by atoms with Crippen molar-refractivity contribution < 1.29 is 8.42 Å². The first-order valence-electron chi connectivity index (χ1n) is 6.09. The Hall–Kier alpha value is -0.630. The van der Waals surface area contributed by atoms with Gasteiger partial charge in [0, 0.05) is 23.0 Å². The highest BCUT2D eigenvalue weighted by molar-refractivity contribution is 7.89. The van der Waals surface area contributed by atoms with Crippen LogP contribution in [-0.4, -0.2) is 15.5 Å². The van der Waals surface area contributed by atoms with Crippen LogP contribution in [0.3, 0.4) is 0 Å². The first kappa shape index (κ1) is 16.7. The number of hydrogen-bond donors (Lipinski definition) is 2. The zero-order chi connectivity index (χ0) is 15.5. The molecule has 2 N–H and O–H groups in total. The fourth-order valence-electron chi connectivity index (χ4n) is 1.74. The second kappa shape index (κ2) is 7.09.